The molecule has 0 aliphatic carbocycles. The molecule has 0 aromatic carbocycles. The summed E-state index contributed by atoms with van der Waals surface area (Å²) >= 11 is 0. The number of hydrogen-bond acceptors (Lipinski definition) is 3. The number of rotatable bonds is 4. The summed E-state index contributed by atoms with van der Waals surface area (Å²) in [6, 6.07) is 1.80. The molecule has 0 saturated carbocycles. The molecule has 66 valence electrons. The third kappa shape index (κ3) is 2.49. The van der Waals surface area contributed by atoms with E-state index in [4.69, 9.17) is 5.73 Å². The Morgan fingerprint density at radius 2 is 2.25 bits per heavy atom. The Kier molecular flexibility index (Phi) is 3.51. The summed E-state index contributed by atoms with van der Waals surface area (Å²) in [4.78, 5) is 0. The summed E-state index contributed by atoms with van der Waals surface area (Å²) in [7, 11) is 0. The van der Waals surface area contributed by atoms with Gasteiger partial charge in [0.25, 0.3) is 0 Å². The molecule has 2 N–H and O–H groups in total. The zero-order chi connectivity index (χ0) is 8.81. The van der Waals surface area contributed by atoms with Crippen LogP contribution in [0.15, 0.2) is 12.3 Å². The monoisotopic (exact) mass is 165 g/mol. The van der Waals surface area contributed by atoms with Gasteiger partial charge in [-0.2, -0.15) is 10.2 Å². The molecule has 0 atom stereocenters. The largest absolute Gasteiger partial charge is 0.397 e. The van der Waals surface area contributed by atoms with E-state index in [0.29, 0.717) is 0 Å². The molecule has 1 rings (SSSR count). The van der Waals surface area contributed by atoms with Gasteiger partial charge < -0.3 is 5.73 Å². The molecule has 1 heterocycles. The van der Waals surface area contributed by atoms with Crippen molar-refractivity contribution in [3.8, 4) is 0 Å². The van der Waals surface area contributed by atoms with Crippen molar-refractivity contribution in [3.63, 3.8) is 0 Å². The second-order valence-electron chi connectivity index (χ2n) is 2.89. The SMILES string of the molecule is CCCCCc1nnccc1N. The Balaban J connectivity index is 2.46. The fraction of sp³-hybridized carbons (Fsp3) is 0.556. The molecule has 0 spiro atoms. The second kappa shape index (κ2) is 4.70. The fourth-order valence-corrected chi connectivity index (χ4v) is 1.11. The van der Waals surface area contributed by atoms with Crippen LogP contribution in [0, 0.1) is 0 Å². The first kappa shape index (κ1) is 8.97. The van der Waals surface area contributed by atoms with Crippen molar-refractivity contribution >= 4 is 5.69 Å². The topological polar surface area (TPSA) is 51.8 Å². The maximum Gasteiger partial charge on any atom is 0.0859 e. The lowest BCUT2D eigenvalue weighted by Gasteiger charge is -2.01. The number of nitrogens with two attached hydrogens (primary N) is 1. The molecule has 1 aromatic rings. The highest BCUT2D eigenvalue weighted by Gasteiger charge is 1.98. The first-order chi connectivity index (χ1) is 5.84. The van der Waals surface area contributed by atoms with Gasteiger partial charge >= 0.3 is 0 Å². The highest BCUT2D eigenvalue weighted by atomic mass is 15.1. The Morgan fingerprint density at radius 3 is 2.92 bits per heavy atom. The summed E-state index contributed by atoms with van der Waals surface area (Å²) in [5, 5.41) is 7.77. The Bertz CT molecular complexity index is 235. The molecule has 3 heteroatoms. The van der Waals surface area contributed by atoms with E-state index in [1.54, 1.807) is 12.3 Å². The Hall–Kier alpha value is -1.12. The minimum absolute atomic E-state index is 0.765. The van der Waals surface area contributed by atoms with Crippen LogP contribution in [-0.2, 0) is 6.42 Å². The fourth-order valence-electron chi connectivity index (χ4n) is 1.11. The number of hydrogen-bond donors (Lipinski definition) is 1. The van der Waals surface area contributed by atoms with E-state index >= 15 is 0 Å². The lowest BCUT2D eigenvalue weighted by atomic mass is 10.1. The number of nitrogens with zero attached hydrogens (tertiary/aromatic N) is 2. The van der Waals surface area contributed by atoms with Crippen LogP contribution in [0.4, 0.5) is 5.69 Å². The van der Waals surface area contributed by atoms with Crippen LogP contribution in [0.5, 0.6) is 0 Å². The maximum atomic E-state index is 5.70. The molecular formula is C9H15N3. The van der Waals surface area contributed by atoms with Crippen molar-refractivity contribution in [3.05, 3.63) is 18.0 Å². The molecule has 3 nitrogen and oxygen atoms in total. The predicted octanol–water partition coefficient (Wildman–Crippen LogP) is 1.79. The van der Waals surface area contributed by atoms with Crippen LogP contribution in [0.2, 0.25) is 0 Å². The Labute approximate surface area is 73.0 Å². The summed E-state index contributed by atoms with van der Waals surface area (Å²) in [6.07, 6.45) is 6.18. The zero-order valence-electron chi connectivity index (χ0n) is 7.45. The quantitative estimate of drug-likeness (QED) is 0.692. The molecule has 12 heavy (non-hydrogen) atoms. The average molecular weight is 165 g/mol. The molecule has 0 saturated heterocycles. The molecule has 0 unspecified atom stereocenters. The molecular weight excluding hydrogens is 150 g/mol. The van der Waals surface area contributed by atoms with Crippen molar-refractivity contribution in [2.24, 2.45) is 0 Å². The molecule has 0 fully saturated rings. The van der Waals surface area contributed by atoms with E-state index in [9.17, 15) is 0 Å². The zero-order valence-corrected chi connectivity index (χ0v) is 7.45. The number of nitrogen functional groups attached to an aromatic ring is 1. The lowest BCUT2D eigenvalue weighted by Crippen LogP contribution is -1.99. The summed E-state index contributed by atoms with van der Waals surface area (Å²) in [5.74, 6) is 0. The normalized spacial score (nSPS) is 10.1. The van der Waals surface area contributed by atoms with Crippen LogP contribution in [0.3, 0.4) is 0 Å². The summed E-state index contributed by atoms with van der Waals surface area (Å²) < 4.78 is 0. The third-order valence-electron chi connectivity index (χ3n) is 1.85. The minimum atomic E-state index is 0.765. The van der Waals surface area contributed by atoms with E-state index < -0.39 is 0 Å². The number of anilines is 1. The molecule has 0 aliphatic heterocycles. The van der Waals surface area contributed by atoms with E-state index in [-0.39, 0.29) is 0 Å². The molecule has 0 bridgehead atoms. The second-order valence-corrected chi connectivity index (χ2v) is 2.89. The highest BCUT2D eigenvalue weighted by Crippen LogP contribution is 2.09. The number of unbranched alkanes of at least 4 members (excludes halogenated alkanes) is 2. The van der Waals surface area contributed by atoms with Gasteiger partial charge in [-0.25, -0.2) is 0 Å². The van der Waals surface area contributed by atoms with Gasteiger partial charge in [-0.3, -0.25) is 0 Å². The molecule has 0 amide bonds. The van der Waals surface area contributed by atoms with Gasteiger partial charge in [0, 0.05) is 0 Å². The van der Waals surface area contributed by atoms with Gasteiger partial charge in [0.1, 0.15) is 0 Å². The summed E-state index contributed by atoms with van der Waals surface area (Å²) in [6.45, 7) is 2.18. The van der Waals surface area contributed by atoms with Gasteiger partial charge in [-0.05, 0) is 18.9 Å². The molecule has 0 radical (unpaired) electrons. The van der Waals surface area contributed by atoms with Crippen LogP contribution in [-0.4, -0.2) is 10.2 Å². The van der Waals surface area contributed by atoms with E-state index in [0.717, 1.165) is 24.2 Å². The van der Waals surface area contributed by atoms with Crippen LogP contribution >= 0.6 is 0 Å². The van der Waals surface area contributed by atoms with Gasteiger partial charge in [0.2, 0.25) is 0 Å². The smallest absolute Gasteiger partial charge is 0.0859 e. The number of aromatic nitrogens is 2. The van der Waals surface area contributed by atoms with E-state index in [2.05, 4.69) is 17.1 Å². The first-order valence-corrected chi connectivity index (χ1v) is 4.40. The minimum Gasteiger partial charge on any atom is -0.397 e. The van der Waals surface area contributed by atoms with Crippen molar-refractivity contribution in [1.82, 2.24) is 10.2 Å². The van der Waals surface area contributed by atoms with Gasteiger partial charge in [0.15, 0.2) is 0 Å². The van der Waals surface area contributed by atoms with Crippen molar-refractivity contribution in [1.29, 1.82) is 0 Å². The van der Waals surface area contributed by atoms with Crippen molar-refractivity contribution in [2.75, 3.05) is 5.73 Å². The van der Waals surface area contributed by atoms with Crippen LogP contribution in [0.1, 0.15) is 31.9 Å². The lowest BCUT2D eigenvalue weighted by molar-refractivity contribution is 0.701. The van der Waals surface area contributed by atoms with Gasteiger partial charge in [-0.15, -0.1) is 0 Å². The van der Waals surface area contributed by atoms with Crippen molar-refractivity contribution < 1.29 is 0 Å². The highest BCUT2D eigenvalue weighted by molar-refractivity contribution is 5.40. The molecule has 0 aliphatic rings. The molecule has 1 aromatic heterocycles. The van der Waals surface area contributed by atoms with Crippen LogP contribution in [0.25, 0.3) is 0 Å². The van der Waals surface area contributed by atoms with E-state index in [1.807, 2.05) is 0 Å². The van der Waals surface area contributed by atoms with Crippen LogP contribution < -0.4 is 5.73 Å². The van der Waals surface area contributed by atoms with Gasteiger partial charge in [-0.1, -0.05) is 19.8 Å². The average Bonchev–Trinajstić information content (AvgIpc) is 2.09. The Morgan fingerprint density at radius 1 is 1.42 bits per heavy atom. The van der Waals surface area contributed by atoms with Crippen molar-refractivity contribution in [2.45, 2.75) is 32.6 Å². The first-order valence-electron chi connectivity index (χ1n) is 4.40. The summed E-state index contributed by atoms with van der Waals surface area (Å²) in [5.41, 5.74) is 7.40. The van der Waals surface area contributed by atoms with Gasteiger partial charge in [0.05, 0.1) is 17.6 Å². The standard InChI is InChI=1S/C9H15N3/c1-2-3-4-5-9-8(10)6-7-11-12-9/h6-7H,2-5H2,1H3,(H2,10,11). The maximum absolute atomic E-state index is 5.70. The predicted molar refractivity (Wildman–Crippen MR) is 49.7 cm³/mol. The number of aryl methyl sites for hydroxylation is 1. The van der Waals surface area contributed by atoms with E-state index in [1.165, 1.54) is 12.8 Å². The third-order valence-corrected chi connectivity index (χ3v) is 1.85.